The fourth-order valence-electron chi connectivity index (χ4n) is 9.08. The van der Waals surface area contributed by atoms with Crippen molar-refractivity contribution in [2.24, 2.45) is 0 Å². The first-order valence-corrected chi connectivity index (χ1v) is 16.9. The molecule has 1 aliphatic heterocycles. The monoisotopic (exact) mass is 594 g/mol. The van der Waals surface area contributed by atoms with Crippen molar-refractivity contribution in [1.29, 1.82) is 0 Å². The lowest BCUT2D eigenvalue weighted by molar-refractivity contribution is 0.386. The van der Waals surface area contributed by atoms with Crippen LogP contribution < -0.4 is 0 Å². The number of nitrogens with zero attached hydrogens (tertiary/aromatic N) is 2. The van der Waals surface area contributed by atoms with E-state index in [0.29, 0.717) is 11.8 Å². The predicted octanol–water partition coefficient (Wildman–Crippen LogP) is 10.6. The minimum Gasteiger partial charge on any atom is -0.251 e. The van der Waals surface area contributed by atoms with Crippen molar-refractivity contribution in [3.8, 4) is 22.5 Å². The highest BCUT2D eigenvalue weighted by atomic mass is 14.8. The van der Waals surface area contributed by atoms with Crippen molar-refractivity contribution in [2.45, 2.75) is 62.2 Å². The summed E-state index contributed by atoms with van der Waals surface area (Å²) < 4.78 is 0. The molecule has 8 bridgehead atoms. The van der Waals surface area contributed by atoms with Crippen LogP contribution in [0.5, 0.6) is 0 Å². The first-order valence-electron chi connectivity index (χ1n) is 16.9. The van der Waals surface area contributed by atoms with E-state index < -0.39 is 5.41 Å². The molecule has 3 heterocycles. The van der Waals surface area contributed by atoms with Crippen molar-refractivity contribution in [3.05, 3.63) is 178 Å². The quantitative estimate of drug-likeness (QED) is 0.175. The van der Waals surface area contributed by atoms with Gasteiger partial charge in [0.05, 0.1) is 22.8 Å². The van der Waals surface area contributed by atoms with Crippen LogP contribution in [0.3, 0.4) is 0 Å². The molecule has 0 saturated heterocycles. The Hall–Kier alpha value is -4.82. The van der Waals surface area contributed by atoms with Gasteiger partial charge >= 0.3 is 0 Å². The summed E-state index contributed by atoms with van der Waals surface area (Å²) in [4.78, 5) is 11.2. The molecule has 2 nitrogen and oxygen atoms in total. The lowest BCUT2D eigenvalue weighted by atomic mass is 9.56. The Morgan fingerprint density at radius 2 is 0.913 bits per heavy atom. The molecule has 1 fully saturated rings. The Kier molecular flexibility index (Phi) is 6.19. The SMILES string of the molecule is CC1(C)c2ccccc2C2(c3cccc(n3)-c3cccc(c3)C3CCCCC3c3cccc(c3)-c3cccc2n3)c2ccccc21. The van der Waals surface area contributed by atoms with E-state index in [1.165, 1.54) is 70.2 Å². The maximum Gasteiger partial charge on any atom is 0.105 e. The van der Waals surface area contributed by atoms with Crippen LogP contribution in [0.25, 0.3) is 22.5 Å². The highest BCUT2D eigenvalue weighted by molar-refractivity contribution is 5.71. The third kappa shape index (κ3) is 3.95. The molecule has 2 unspecified atom stereocenters. The van der Waals surface area contributed by atoms with E-state index in [0.717, 1.165) is 22.8 Å². The molecule has 9 rings (SSSR count). The molecule has 2 aliphatic carbocycles. The molecule has 6 aromatic rings. The Morgan fingerprint density at radius 1 is 0.478 bits per heavy atom. The van der Waals surface area contributed by atoms with Gasteiger partial charge < -0.3 is 0 Å². The van der Waals surface area contributed by atoms with Crippen LogP contribution in [-0.2, 0) is 10.8 Å². The van der Waals surface area contributed by atoms with Crippen LogP contribution >= 0.6 is 0 Å². The van der Waals surface area contributed by atoms with Crippen LogP contribution in [-0.4, -0.2) is 9.97 Å². The summed E-state index contributed by atoms with van der Waals surface area (Å²) in [7, 11) is 0. The number of aromatic nitrogens is 2. The topological polar surface area (TPSA) is 25.8 Å². The second-order valence-electron chi connectivity index (χ2n) is 14.0. The van der Waals surface area contributed by atoms with E-state index in [2.05, 4.69) is 147 Å². The average Bonchev–Trinajstić information content (AvgIpc) is 3.12. The Labute approximate surface area is 272 Å². The third-order valence-electron chi connectivity index (χ3n) is 11.3. The van der Waals surface area contributed by atoms with E-state index in [1.807, 2.05) is 0 Å². The molecule has 0 radical (unpaired) electrons. The van der Waals surface area contributed by atoms with E-state index in [9.17, 15) is 0 Å². The van der Waals surface area contributed by atoms with Gasteiger partial charge in [0.1, 0.15) is 5.41 Å². The minimum absolute atomic E-state index is 0.177. The maximum absolute atomic E-state index is 5.62. The van der Waals surface area contributed by atoms with E-state index in [1.54, 1.807) is 0 Å². The van der Waals surface area contributed by atoms with Gasteiger partial charge in [0.25, 0.3) is 0 Å². The van der Waals surface area contributed by atoms with Gasteiger partial charge in [-0.1, -0.05) is 124 Å². The van der Waals surface area contributed by atoms with Gasteiger partial charge in [-0.2, -0.15) is 0 Å². The molecule has 46 heavy (non-hydrogen) atoms. The van der Waals surface area contributed by atoms with Crippen molar-refractivity contribution < 1.29 is 0 Å². The number of pyridine rings is 2. The fraction of sp³-hybridized carbons (Fsp3) is 0.227. The van der Waals surface area contributed by atoms with Gasteiger partial charge in [0, 0.05) is 16.5 Å². The lowest BCUT2D eigenvalue weighted by Gasteiger charge is -2.46. The Balaban J connectivity index is 1.42. The zero-order valence-corrected chi connectivity index (χ0v) is 26.6. The highest BCUT2D eigenvalue weighted by Crippen LogP contribution is 2.55. The number of benzene rings is 4. The molecule has 4 aromatic carbocycles. The zero-order chi connectivity index (χ0) is 30.9. The maximum atomic E-state index is 5.62. The molecule has 1 spiro atoms. The second-order valence-corrected chi connectivity index (χ2v) is 14.0. The Morgan fingerprint density at radius 3 is 1.39 bits per heavy atom. The highest BCUT2D eigenvalue weighted by Gasteiger charge is 2.50. The largest absolute Gasteiger partial charge is 0.251 e. The summed E-state index contributed by atoms with van der Waals surface area (Å²) in [5, 5.41) is 0. The van der Waals surface area contributed by atoms with Crippen LogP contribution in [0.1, 0.15) is 96.1 Å². The summed E-state index contributed by atoms with van der Waals surface area (Å²) in [6.07, 6.45) is 4.98. The summed E-state index contributed by atoms with van der Waals surface area (Å²) in [6, 6.07) is 49.7. The van der Waals surface area contributed by atoms with E-state index in [-0.39, 0.29) is 5.41 Å². The lowest BCUT2D eigenvalue weighted by Crippen LogP contribution is -2.43. The van der Waals surface area contributed by atoms with Crippen molar-refractivity contribution in [2.75, 3.05) is 0 Å². The van der Waals surface area contributed by atoms with Crippen molar-refractivity contribution in [1.82, 2.24) is 9.97 Å². The predicted molar refractivity (Wildman–Crippen MR) is 187 cm³/mol. The molecule has 2 atom stereocenters. The molecule has 1 saturated carbocycles. The zero-order valence-electron chi connectivity index (χ0n) is 26.6. The van der Waals surface area contributed by atoms with Gasteiger partial charge in [-0.25, -0.2) is 0 Å². The van der Waals surface area contributed by atoms with Gasteiger partial charge in [-0.05, 0) is 94.5 Å². The first-order chi connectivity index (χ1) is 22.5. The van der Waals surface area contributed by atoms with Crippen LogP contribution in [0.15, 0.2) is 133 Å². The van der Waals surface area contributed by atoms with Gasteiger partial charge in [-0.15, -0.1) is 0 Å². The van der Waals surface area contributed by atoms with E-state index >= 15 is 0 Å². The van der Waals surface area contributed by atoms with Crippen LogP contribution in [0.4, 0.5) is 0 Å². The number of hydrogen-bond donors (Lipinski definition) is 0. The number of fused-ring (bicyclic) bond motifs is 19. The molecule has 2 heteroatoms. The molecular formula is C44H38N2. The van der Waals surface area contributed by atoms with Crippen LogP contribution in [0.2, 0.25) is 0 Å². The molecule has 0 N–H and O–H groups in total. The van der Waals surface area contributed by atoms with Gasteiger partial charge in [0.2, 0.25) is 0 Å². The van der Waals surface area contributed by atoms with Gasteiger partial charge in [0.15, 0.2) is 0 Å². The molecule has 224 valence electrons. The molecule has 3 aliphatic rings. The third-order valence-corrected chi connectivity index (χ3v) is 11.3. The first kappa shape index (κ1) is 27.5. The normalized spacial score (nSPS) is 20.0. The van der Waals surface area contributed by atoms with Crippen molar-refractivity contribution in [3.63, 3.8) is 0 Å². The summed E-state index contributed by atoms with van der Waals surface area (Å²) in [5.74, 6) is 0.976. The molecule has 0 amide bonds. The molecule has 2 aromatic heterocycles. The Bertz CT molecular complexity index is 1970. The minimum atomic E-state index is -0.696. The van der Waals surface area contributed by atoms with Crippen molar-refractivity contribution >= 4 is 0 Å². The summed E-state index contributed by atoms with van der Waals surface area (Å²) in [5.41, 5.74) is 13.5. The van der Waals surface area contributed by atoms with Gasteiger partial charge in [-0.3, -0.25) is 9.97 Å². The molecular weight excluding hydrogens is 556 g/mol. The van der Waals surface area contributed by atoms with E-state index in [4.69, 9.17) is 9.97 Å². The summed E-state index contributed by atoms with van der Waals surface area (Å²) in [6.45, 7) is 4.71. The number of rotatable bonds is 0. The fourth-order valence-corrected chi connectivity index (χ4v) is 9.08. The smallest absolute Gasteiger partial charge is 0.105 e. The summed E-state index contributed by atoms with van der Waals surface area (Å²) >= 11 is 0. The van der Waals surface area contributed by atoms with Crippen LogP contribution in [0, 0.1) is 0 Å². The average molecular weight is 595 g/mol. The second kappa shape index (κ2) is 10.4. The standard InChI is InChI=1S/C44H38N2/c1-43(2)35-19-5-7-21-37(35)44(38-22-8-6-20-36(38)43)41-25-11-23-39(45-41)31-15-9-13-29(27-31)33-17-3-4-18-34(33)30-14-10-16-32(28-30)40-24-12-26-42(44)46-40/h5-16,19-28,33-34H,3-4,17-18H2,1-2H3. The number of hydrogen-bond acceptors (Lipinski definition) is 2.